The number of carbonyl (C=O) groups excluding carboxylic acids is 1. The molecule has 0 saturated carbocycles. The van der Waals surface area contributed by atoms with Gasteiger partial charge in [-0.1, -0.05) is 12.1 Å². The molecule has 4 N–H and O–H groups in total. The number of rotatable bonds is 4. The fourth-order valence-electron chi connectivity index (χ4n) is 3.14. The maximum atomic E-state index is 12.3. The number of nitrogens with one attached hydrogen (secondary N) is 2. The first-order chi connectivity index (χ1) is 10.3. The maximum absolute atomic E-state index is 12.3. The Labute approximate surface area is 124 Å². The van der Waals surface area contributed by atoms with Crippen molar-refractivity contribution in [2.75, 3.05) is 31.1 Å². The zero-order chi connectivity index (χ0) is 14.8. The third-order valence-electron chi connectivity index (χ3n) is 4.11. The van der Waals surface area contributed by atoms with Crippen LogP contribution in [-0.2, 0) is 6.42 Å². The fourth-order valence-corrected chi connectivity index (χ4v) is 3.14. The Morgan fingerprint density at radius 2 is 2.33 bits per heavy atom. The maximum Gasteiger partial charge on any atom is 0.253 e. The lowest BCUT2D eigenvalue weighted by atomic mass is 10.1. The van der Waals surface area contributed by atoms with E-state index in [2.05, 4.69) is 28.2 Å². The van der Waals surface area contributed by atoms with E-state index in [1.54, 1.807) is 0 Å². The van der Waals surface area contributed by atoms with Crippen LogP contribution in [0.25, 0.3) is 10.9 Å². The van der Waals surface area contributed by atoms with Crippen LogP contribution < -0.4 is 16.0 Å². The number of H-pyrrole nitrogens is 1. The Bertz CT molecular complexity index is 662. The van der Waals surface area contributed by atoms with Crippen LogP contribution in [0.4, 0.5) is 5.69 Å². The number of hydrogen-bond donors (Lipinski definition) is 3. The van der Waals surface area contributed by atoms with Crippen LogP contribution in [0, 0.1) is 0 Å². The minimum absolute atomic E-state index is 0.0623. The van der Waals surface area contributed by atoms with E-state index in [0.717, 1.165) is 36.8 Å². The quantitative estimate of drug-likeness (QED) is 0.799. The third kappa shape index (κ3) is 2.38. The van der Waals surface area contributed by atoms with Crippen LogP contribution >= 0.6 is 0 Å². The largest absolute Gasteiger partial charge is 0.370 e. The number of carbonyl (C=O) groups is 1. The Hall–Kier alpha value is -2.01. The molecule has 112 valence electrons. The van der Waals surface area contributed by atoms with Crippen LogP contribution in [0.5, 0.6) is 0 Å². The first-order valence-electron chi connectivity index (χ1n) is 7.63. The Morgan fingerprint density at radius 3 is 3.10 bits per heavy atom. The van der Waals surface area contributed by atoms with Crippen molar-refractivity contribution in [1.82, 2.24) is 10.3 Å². The predicted molar refractivity (Wildman–Crippen MR) is 85.9 cm³/mol. The molecule has 1 aliphatic heterocycles. The number of aromatic nitrogens is 1. The highest BCUT2D eigenvalue weighted by Gasteiger charge is 2.23. The molecule has 0 saturated heterocycles. The van der Waals surface area contributed by atoms with E-state index >= 15 is 0 Å². The van der Waals surface area contributed by atoms with E-state index in [1.807, 2.05) is 12.1 Å². The lowest BCUT2D eigenvalue weighted by Gasteiger charge is -2.28. The normalized spacial score (nSPS) is 14.3. The molecule has 0 radical (unpaired) electrons. The van der Waals surface area contributed by atoms with Crippen molar-refractivity contribution in [3.05, 3.63) is 29.5 Å². The summed E-state index contributed by atoms with van der Waals surface area (Å²) in [5, 5.41) is 3.99. The van der Waals surface area contributed by atoms with Gasteiger partial charge in [-0.05, 0) is 25.8 Å². The van der Waals surface area contributed by atoms with E-state index in [9.17, 15) is 4.79 Å². The summed E-state index contributed by atoms with van der Waals surface area (Å²) in [4.78, 5) is 18.1. The molecule has 0 bridgehead atoms. The van der Waals surface area contributed by atoms with Gasteiger partial charge in [0.15, 0.2) is 0 Å². The van der Waals surface area contributed by atoms with Gasteiger partial charge in [-0.25, -0.2) is 0 Å². The molecule has 2 aromatic rings. The third-order valence-corrected chi connectivity index (χ3v) is 4.11. The molecule has 0 unspecified atom stereocenters. The molecule has 3 rings (SSSR count). The first-order valence-corrected chi connectivity index (χ1v) is 7.63. The number of amides is 1. The minimum atomic E-state index is -0.0623. The van der Waals surface area contributed by atoms with E-state index < -0.39 is 0 Å². The highest BCUT2D eigenvalue weighted by atomic mass is 16.1. The summed E-state index contributed by atoms with van der Waals surface area (Å²) in [5.41, 5.74) is 9.61. The predicted octanol–water partition coefficient (Wildman–Crippen LogP) is 1.63. The number of para-hydroxylation sites is 1. The van der Waals surface area contributed by atoms with E-state index in [1.165, 1.54) is 11.4 Å². The van der Waals surface area contributed by atoms with Gasteiger partial charge in [0, 0.05) is 37.3 Å². The Balaban J connectivity index is 2.08. The first kappa shape index (κ1) is 13.9. The standard InChI is InChI=1S/C16H22N4O/c1-2-20-10-4-7-13-15(20)11-5-3-6-12(14(11)19-13)16(21)18-9-8-17/h3,5-6,19H,2,4,7-10,17H2,1H3,(H,18,21). The summed E-state index contributed by atoms with van der Waals surface area (Å²) in [6.45, 7) is 5.19. The average Bonchev–Trinajstić information content (AvgIpc) is 2.91. The van der Waals surface area contributed by atoms with Crippen LogP contribution in [-0.4, -0.2) is 37.1 Å². The zero-order valence-electron chi connectivity index (χ0n) is 12.4. The summed E-state index contributed by atoms with van der Waals surface area (Å²) in [6, 6.07) is 5.92. The van der Waals surface area contributed by atoms with Crippen molar-refractivity contribution in [2.45, 2.75) is 19.8 Å². The van der Waals surface area contributed by atoms with Crippen molar-refractivity contribution in [2.24, 2.45) is 5.73 Å². The summed E-state index contributed by atoms with van der Waals surface area (Å²) in [7, 11) is 0. The van der Waals surface area contributed by atoms with Gasteiger partial charge in [0.05, 0.1) is 16.8 Å². The molecule has 1 aromatic heterocycles. The molecule has 1 amide bonds. The van der Waals surface area contributed by atoms with Gasteiger partial charge in [0.25, 0.3) is 5.91 Å². The topological polar surface area (TPSA) is 74.2 Å². The van der Waals surface area contributed by atoms with Crippen LogP contribution in [0.1, 0.15) is 29.4 Å². The van der Waals surface area contributed by atoms with Crippen molar-refractivity contribution in [3.8, 4) is 0 Å². The van der Waals surface area contributed by atoms with Gasteiger partial charge < -0.3 is 20.9 Å². The van der Waals surface area contributed by atoms with E-state index in [-0.39, 0.29) is 5.91 Å². The van der Waals surface area contributed by atoms with Crippen molar-refractivity contribution in [3.63, 3.8) is 0 Å². The molecule has 0 fully saturated rings. The molecule has 1 aliphatic rings. The Kier molecular flexibility index (Phi) is 3.84. The van der Waals surface area contributed by atoms with Crippen molar-refractivity contribution in [1.29, 1.82) is 0 Å². The monoisotopic (exact) mass is 286 g/mol. The van der Waals surface area contributed by atoms with Crippen LogP contribution in [0.3, 0.4) is 0 Å². The second kappa shape index (κ2) is 5.77. The highest BCUT2D eigenvalue weighted by Crippen LogP contribution is 2.36. The van der Waals surface area contributed by atoms with Crippen molar-refractivity contribution < 1.29 is 4.79 Å². The van der Waals surface area contributed by atoms with Crippen LogP contribution in [0.15, 0.2) is 18.2 Å². The van der Waals surface area contributed by atoms with Gasteiger partial charge in [-0.3, -0.25) is 4.79 Å². The molecular formula is C16H22N4O. The van der Waals surface area contributed by atoms with E-state index in [4.69, 9.17) is 5.73 Å². The van der Waals surface area contributed by atoms with Gasteiger partial charge in [-0.15, -0.1) is 0 Å². The Morgan fingerprint density at radius 1 is 1.48 bits per heavy atom. The minimum Gasteiger partial charge on any atom is -0.370 e. The number of nitrogens with two attached hydrogens (primary N) is 1. The number of nitrogens with zero attached hydrogens (tertiary/aromatic N) is 1. The number of fused-ring (bicyclic) bond motifs is 3. The second-order valence-electron chi connectivity index (χ2n) is 5.41. The molecule has 5 nitrogen and oxygen atoms in total. The number of aryl methyl sites for hydroxylation is 1. The summed E-state index contributed by atoms with van der Waals surface area (Å²) in [6.07, 6.45) is 2.20. The number of aromatic amines is 1. The molecule has 2 heterocycles. The molecular weight excluding hydrogens is 264 g/mol. The number of hydrogen-bond acceptors (Lipinski definition) is 3. The van der Waals surface area contributed by atoms with Gasteiger partial charge in [-0.2, -0.15) is 0 Å². The smallest absolute Gasteiger partial charge is 0.253 e. The molecule has 0 aliphatic carbocycles. The summed E-state index contributed by atoms with van der Waals surface area (Å²) >= 11 is 0. The SMILES string of the molecule is CCN1CCCc2[nH]c3c(C(=O)NCCN)cccc3c21. The van der Waals surface area contributed by atoms with E-state index in [0.29, 0.717) is 18.7 Å². The fraction of sp³-hybridized carbons (Fsp3) is 0.438. The molecule has 1 aromatic carbocycles. The number of benzene rings is 1. The lowest BCUT2D eigenvalue weighted by Crippen LogP contribution is -2.29. The summed E-state index contributed by atoms with van der Waals surface area (Å²) in [5.74, 6) is -0.0623. The highest BCUT2D eigenvalue weighted by molar-refractivity contribution is 6.09. The lowest BCUT2D eigenvalue weighted by molar-refractivity contribution is 0.0956. The van der Waals surface area contributed by atoms with Crippen molar-refractivity contribution >= 4 is 22.5 Å². The van der Waals surface area contributed by atoms with Crippen LogP contribution in [0.2, 0.25) is 0 Å². The van der Waals surface area contributed by atoms with Gasteiger partial charge in [0.2, 0.25) is 0 Å². The molecule has 0 atom stereocenters. The number of anilines is 1. The zero-order valence-corrected chi connectivity index (χ0v) is 12.4. The second-order valence-corrected chi connectivity index (χ2v) is 5.41. The van der Waals surface area contributed by atoms with Gasteiger partial charge >= 0.3 is 0 Å². The average molecular weight is 286 g/mol. The molecule has 21 heavy (non-hydrogen) atoms. The molecule has 5 heteroatoms. The van der Waals surface area contributed by atoms with Gasteiger partial charge in [0.1, 0.15) is 0 Å². The molecule has 0 spiro atoms. The summed E-state index contributed by atoms with van der Waals surface area (Å²) < 4.78 is 0.